The van der Waals surface area contributed by atoms with Crippen molar-refractivity contribution >= 4 is 48.1 Å². The lowest BCUT2D eigenvalue weighted by molar-refractivity contribution is 0.489. The number of nitrogens with two attached hydrogens (primary N) is 1. The molecule has 0 bridgehead atoms. The van der Waals surface area contributed by atoms with Gasteiger partial charge in [0.25, 0.3) is 0 Å². The number of hydrogen-bond acceptors (Lipinski definition) is 6. The zero-order valence-electron chi connectivity index (χ0n) is 9.47. The minimum absolute atomic E-state index is 0.290. The van der Waals surface area contributed by atoms with Crippen LogP contribution in [-0.2, 0) is 0 Å². The molecule has 0 unspecified atom stereocenters. The molecule has 0 saturated heterocycles. The number of aromatic nitrogens is 1. The summed E-state index contributed by atoms with van der Waals surface area (Å²) in [6.07, 6.45) is 1.36. The van der Waals surface area contributed by atoms with Gasteiger partial charge in [0.1, 0.15) is 5.82 Å². The first-order valence-electron chi connectivity index (χ1n) is 5.53. The second-order valence-electron chi connectivity index (χ2n) is 4.22. The second-order valence-corrected chi connectivity index (χ2v) is 5.27. The maximum atomic E-state index is 12.0. The van der Waals surface area contributed by atoms with Crippen molar-refractivity contribution in [3.05, 3.63) is 45.2 Å². The predicted molar refractivity (Wildman–Crippen MR) is 75.0 cm³/mol. The van der Waals surface area contributed by atoms with Crippen LogP contribution in [0.3, 0.4) is 0 Å². The number of pyridine rings is 1. The van der Waals surface area contributed by atoms with E-state index in [0.29, 0.717) is 21.3 Å². The molecule has 3 aromatic heterocycles. The van der Waals surface area contributed by atoms with Crippen LogP contribution in [-0.4, -0.2) is 4.98 Å². The van der Waals surface area contributed by atoms with Crippen LogP contribution in [0, 0.1) is 0 Å². The van der Waals surface area contributed by atoms with Crippen molar-refractivity contribution in [1.29, 1.82) is 0 Å². The second kappa shape index (κ2) is 3.30. The lowest BCUT2D eigenvalue weighted by Gasteiger charge is -2.05. The lowest BCUT2D eigenvalue weighted by atomic mass is 10.1. The molecule has 4 aromatic rings. The molecule has 1 aromatic carbocycles. The summed E-state index contributed by atoms with van der Waals surface area (Å²) in [5, 5.41) is 2.02. The summed E-state index contributed by atoms with van der Waals surface area (Å²) in [6.45, 7) is 0. The normalized spacial score (nSPS) is 11.8. The van der Waals surface area contributed by atoms with Crippen molar-refractivity contribution < 1.29 is 4.42 Å². The van der Waals surface area contributed by atoms with Crippen molar-refractivity contribution in [2.45, 2.75) is 0 Å². The van der Waals surface area contributed by atoms with Gasteiger partial charge in [0, 0.05) is 21.7 Å². The number of hydrogen-bond donors (Lipinski definition) is 1. The Balaban J connectivity index is 2.57. The third-order valence-corrected chi connectivity index (χ3v) is 4.37. The monoisotopic (exact) mass is 270 g/mol. The van der Waals surface area contributed by atoms with E-state index in [2.05, 4.69) is 4.98 Å². The molecule has 0 atom stereocenters. The van der Waals surface area contributed by atoms with Crippen LogP contribution in [0.15, 0.2) is 38.4 Å². The van der Waals surface area contributed by atoms with Crippen LogP contribution in [0.25, 0.3) is 30.9 Å². The molecule has 0 spiro atoms. The Bertz CT molecular complexity index is 1060. The molecule has 0 aliphatic rings. The predicted octanol–water partition coefficient (Wildman–Crippen LogP) is 1.94. The number of nitrogen functional groups attached to an aromatic ring is 1. The average Bonchev–Trinajstić information content (AvgIpc) is 2.83. The van der Waals surface area contributed by atoms with Gasteiger partial charge >= 0.3 is 11.3 Å². The number of nitrogens with zero attached hydrogens (tertiary/aromatic N) is 1. The Morgan fingerprint density at radius 2 is 1.95 bits per heavy atom. The highest BCUT2D eigenvalue weighted by atomic mass is 32.1. The van der Waals surface area contributed by atoms with E-state index in [4.69, 9.17) is 10.2 Å². The van der Waals surface area contributed by atoms with Crippen molar-refractivity contribution in [1.82, 2.24) is 4.98 Å². The Morgan fingerprint density at radius 3 is 2.79 bits per heavy atom. The zero-order chi connectivity index (χ0) is 13.1. The molecule has 2 N–H and O–H groups in total. The third kappa shape index (κ3) is 1.21. The zero-order valence-corrected chi connectivity index (χ0v) is 10.3. The van der Waals surface area contributed by atoms with Crippen molar-refractivity contribution in [2.24, 2.45) is 0 Å². The molecule has 0 amide bonds. The lowest BCUT2D eigenvalue weighted by Crippen LogP contribution is -2.13. The molecular formula is C13H6N2O3S. The summed E-state index contributed by atoms with van der Waals surface area (Å²) < 4.78 is 6.33. The topological polar surface area (TPSA) is 86.2 Å². The van der Waals surface area contributed by atoms with E-state index in [1.807, 2.05) is 18.2 Å². The van der Waals surface area contributed by atoms with Crippen LogP contribution < -0.4 is 17.0 Å². The maximum absolute atomic E-state index is 12.0. The highest BCUT2D eigenvalue weighted by Gasteiger charge is 2.17. The molecule has 0 fully saturated rings. The summed E-state index contributed by atoms with van der Waals surface area (Å²) in [7, 11) is 0. The summed E-state index contributed by atoms with van der Waals surface area (Å²) in [4.78, 5) is 27.8. The molecule has 0 aliphatic heterocycles. The smallest absolute Gasteiger partial charge is 0.348 e. The summed E-state index contributed by atoms with van der Waals surface area (Å²) in [6, 6.07) is 5.58. The number of fused-ring (bicyclic) bond motifs is 2. The van der Waals surface area contributed by atoms with Gasteiger partial charge in [-0.1, -0.05) is 12.1 Å². The quantitative estimate of drug-likeness (QED) is 0.527. The molecule has 5 nitrogen and oxygen atoms in total. The first-order valence-corrected chi connectivity index (χ1v) is 6.34. The maximum Gasteiger partial charge on any atom is 0.348 e. The first kappa shape index (κ1) is 10.5. The Morgan fingerprint density at radius 1 is 1.11 bits per heavy atom. The highest BCUT2D eigenvalue weighted by Crippen LogP contribution is 2.36. The molecule has 0 saturated carbocycles. The van der Waals surface area contributed by atoms with E-state index in [1.54, 1.807) is 0 Å². The van der Waals surface area contributed by atoms with E-state index >= 15 is 0 Å². The molecular weight excluding hydrogens is 264 g/mol. The van der Waals surface area contributed by atoms with Crippen molar-refractivity contribution in [3.63, 3.8) is 0 Å². The van der Waals surface area contributed by atoms with E-state index in [0.717, 1.165) is 10.1 Å². The molecule has 19 heavy (non-hydrogen) atoms. The van der Waals surface area contributed by atoms with Gasteiger partial charge in [-0.3, -0.25) is 0 Å². The average molecular weight is 270 g/mol. The van der Waals surface area contributed by atoms with Crippen LogP contribution >= 0.6 is 11.3 Å². The molecule has 0 aliphatic carbocycles. The van der Waals surface area contributed by atoms with E-state index in [9.17, 15) is 9.59 Å². The van der Waals surface area contributed by atoms with Gasteiger partial charge in [0.15, 0.2) is 0 Å². The summed E-state index contributed by atoms with van der Waals surface area (Å²) in [5.41, 5.74) is 4.56. The van der Waals surface area contributed by atoms with Gasteiger partial charge in [-0.2, -0.15) is 0 Å². The number of rotatable bonds is 0. The van der Waals surface area contributed by atoms with E-state index in [1.165, 1.54) is 17.5 Å². The van der Waals surface area contributed by atoms with E-state index < -0.39 is 11.3 Å². The largest absolute Gasteiger partial charge is 0.386 e. The van der Waals surface area contributed by atoms with Gasteiger partial charge in [-0.15, -0.1) is 11.3 Å². The van der Waals surface area contributed by atoms with Gasteiger partial charge < -0.3 is 10.2 Å². The molecule has 92 valence electrons. The van der Waals surface area contributed by atoms with Gasteiger partial charge in [0.05, 0.1) is 15.5 Å². The molecule has 0 radical (unpaired) electrons. The molecule has 4 rings (SSSR count). The minimum Gasteiger partial charge on any atom is -0.386 e. The van der Waals surface area contributed by atoms with Gasteiger partial charge in [-0.25, -0.2) is 14.6 Å². The highest BCUT2D eigenvalue weighted by molar-refractivity contribution is 7.25. The summed E-state index contributed by atoms with van der Waals surface area (Å²) >= 11 is 1.42. The minimum atomic E-state index is -0.673. The Labute approximate surface area is 109 Å². The Kier molecular flexibility index (Phi) is 1.81. The van der Waals surface area contributed by atoms with E-state index in [-0.39, 0.29) is 5.39 Å². The fourth-order valence-electron chi connectivity index (χ4n) is 2.36. The SMILES string of the molecule is Nc1ncc2c(=O)oc(=O)c3c4cccc4sc1c23. The van der Waals surface area contributed by atoms with Crippen molar-refractivity contribution in [2.75, 3.05) is 5.73 Å². The fourth-order valence-corrected chi connectivity index (χ4v) is 3.48. The summed E-state index contributed by atoms with van der Waals surface area (Å²) in [5.74, 6) is 0.315. The van der Waals surface area contributed by atoms with Crippen LogP contribution in [0.2, 0.25) is 0 Å². The molecule has 6 heteroatoms. The molecule has 3 heterocycles. The standard InChI is InChI=1S/C13H6N2O3S/c14-11-10-8-6(4-15-11)12(16)18-13(17)9(8)5-2-1-3-7(5)19-10/h1-4H,(H2,14,15). The van der Waals surface area contributed by atoms with Gasteiger partial charge in [-0.05, 0) is 6.07 Å². The first-order chi connectivity index (χ1) is 9.16. The van der Waals surface area contributed by atoms with Crippen molar-refractivity contribution in [3.8, 4) is 0 Å². The number of anilines is 1. The Hall–Kier alpha value is -2.47. The third-order valence-electron chi connectivity index (χ3n) is 3.18. The van der Waals surface area contributed by atoms with Crippen LogP contribution in [0.5, 0.6) is 0 Å². The van der Waals surface area contributed by atoms with Crippen LogP contribution in [0.1, 0.15) is 0 Å². The van der Waals surface area contributed by atoms with Crippen LogP contribution in [0.4, 0.5) is 5.82 Å². The fraction of sp³-hybridized carbons (Fsp3) is 0. The van der Waals surface area contributed by atoms with Gasteiger partial charge in [0.2, 0.25) is 0 Å².